The van der Waals surface area contributed by atoms with E-state index in [1.807, 2.05) is 23.1 Å². The lowest BCUT2D eigenvalue weighted by Gasteiger charge is -2.25. The van der Waals surface area contributed by atoms with E-state index in [1.54, 1.807) is 24.3 Å². The van der Waals surface area contributed by atoms with Crippen molar-refractivity contribution in [2.24, 2.45) is 0 Å². The van der Waals surface area contributed by atoms with E-state index in [-0.39, 0.29) is 18.6 Å². The van der Waals surface area contributed by atoms with E-state index in [1.165, 1.54) is 5.56 Å². The highest BCUT2D eigenvalue weighted by molar-refractivity contribution is 5.78. The first-order chi connectivity index (χ1) is 11.3. The number of nitriles is 1. The van der Waals surface area contributed by atoms with Gasteiger partial charge in [-0.1, -0.05) is 30.3 Å². The lowest BCUT2D eigenvalue weighted by atomic mass is 10.0. The van der Waals surface area contributed by atoms with E-state index >= 15 is 0 Å². The summed E-state index contributed by atoms with van der Waals surface area (Å²) in [6, 6.07) is 19.1. The Morgan fingerprint density at radius 3 is 2.61 bits per heavy atom. The van der Waals surface area contributed by atoms with Gasteiger partial charge in [-0.3, -0.25) is 4.79 Å². The second-order valence-electron chi connectivity index (χ2n) is 5.58. The standard InChI is InChI=1S/C19H18N2O2/c20-13-15-8-10-17(11-9-15)23-14-19(22)21-12-4-7-18(21)16-5-2-1-3-6-16/h1-3,5-6,8-11,18H,4,7,12,14H2/t18-/m0/s1. The molecule has 1 heterocycles. The summed E-state index contributed by atoms with van der Waals surface area (Å²) in [5, 5.41) is 8.78. The number of ether oxygens (including phenoxy) is 1. The molecule has 4 heteroatoms. The van der Waals surface area contributed by atoms with E-state index in [2.05, 4.69) is 18.2 Å². The molecular formula is C19H18N2O2. The Kier molecular flexibility index (Phi) is 4.58. The summed E-state index contributed by atoms with van der Waals surface area (Å²) in [5.41, 5.74) is 1.75. The van der Waals surface area contributed by atoms with Gasteiger partial charge in [-0.2, -0.15) is 5.26 Å². The fourth-order valence-electron chi connectivity index (χ4n) is 2.94. The summed E-state index contributed by atoms with van der Waals surface area (Å²) < 4.78 is 5.56. The SMILES string of the molecule is N#Cc1ccc(OCC(=O)N2CCC[C@H]2c2ccccc2)cc1. The summed E-state index contributed by atoms with van der Waals surface area (Å²) in [7, 11) is 0. The Balaban J connectivity index is 1.62. The first-order valence-corrected chi connectivity index (χ1v) is 7.75. The largest absolute Gasteiger partial charge is 0.484 e. The Morgan fingerprint density at radius 1 is 1.17 bits per heavy atom. The predicted octanol–water partition coefficient (Wildman–Crippen LogP) is 3.30. The molecule has 0 spiro atoms. The van der Waals surface area contributed by atoms with Crippen LogP contribution in [0.2, 0.25) is 0 Å². The van der Waals surface area contributed by atoms with Crippen LogP contribution in [-0.2, 0) is 4.79 Å². The molecule has 1 atom stereocenters. The number of benzene rings is 2. The summed E-state index contributed by atoms with van der Waals surface area (Å²) in [6.45, 7) is 0.796. The molecule has 0 bridgehead atoms. The van der Waals surface area contributed by atoms with Crippen LogP contribution in [0.15, 0.2) is 54.6 Å². The van der Waals surface area contributed by atoms with Crippen LogP contribution >= 0.6 is 0 Å². The van der Waals surface area contributed by atoms with Gasteiger partial charge >= 0.3 is 0 Å². The zero-order valence-electron chi connectivity index (χ0n) is 12.8. The van der Waals surface area contributed by atoms with Crippen molar-refractivity contribution in [3.8, 4) is 11.8 Å². The molecule has 116 valence electrons. The highest BCUT2D eigenvalue weighted by atomic mass is 16.5. The third-order valence-corrected chi connectivity index (χ3v) is 4.10. The minimum Gasteiger partial charge on any atom is -0.484 e. The van der Waals surface area contributed by atoms with E-state index in [0.717, 1.165) is 19.4 Å². The van der Waals surface area contributed by atoms with Gasteiger partial charge in [0.15, 0.2) is 6.61 Å². The molecule has 4 nitrogen and oxygen atoms in total. The fourth-order valence-corrected chi connectivity index (χ4v) is 2.94. The molecule has 0 saturated carbocycles. The fraction of sp³-hybridized carbons (Fsp3) is 0.263. The molecule has 1 saturated heterocycles. The molecule has 23 heavy (non-hydrogen) atoms. The van der Waals surface area contributed by atoms with Crippen LogP contribution in [0.3, 0.4) is 0 Å². The number of nitrogens with zero attached hydrogens (tertiary/aromatic N) is 2. The smallest absolute Gasteiger partial charge is 0.261 e. The predicted molar refractivity (Wildman–Crippen MR) is 86.8 cm³/mol. The van der Waals surface area contributed by atoms with Crippen molar-refractivity contribution in [3.63, 3.8) is 0 Å². The maximum atomic E-state index is 12.5. The van der Waals surface area contributed by atoms with E-state index in [0.29, 0.717) is 11.3 Å². The van der Waals surface area contributed by atoms with Gasteiger partial charge in [0.05, 0.1) is 17.7 Å². The number of hydrogen-bond donors (Lipinski definition) is 0. The van der Waals surface area contributed by atoms with Gasteiger partial charge in [-0.25, -0.2) is 0 Å². The monoisotopic (exact) mass is 306 g/mol. The van der Waals surface area contributed by atoms with Gasteiger partial charge in [0.1, 0.15) is 5.75 Å². The van der Waals surface area contributed by atoms with Crippen molar-refractivity contribution in [1.82, 2.24) is 4.90 Å². The van der Waals surface area contributed by atoms with Crippen LogP contribution in [0.25, 0.3) is 0 Å². The third kappa shape index (κ3) is 3.51. The molecule has 0 aromatic heterocycles. The van der Waals surface area contributed by atoms with Gasteiger partial charge in [0.25, 0.3) is 5.91 Å². The summed E-state index contributed by atoms with van der Waals surface area (Å²) in [6.07, 6.45) is 2.01. The van der Waals surface area contributed by atoms with E-state index < -0.39 is 0 Å². The highest BCUT2D eigenvalue weighted by Crippen LogP contribution is 2.31. The van der Waals surface area contributed by atoms with Crippen LogP contribution in [0.4, 0.5) is 0 Å². The van der Waals surface area contributed by atoms with Gasteiger partial charge in [-0.05, 0) is 42.7 Å². The zero-order chi connectivity index (χ0) is 16.1. The Labute approximate surface area is 135 Å². The first-order valence-electron chi connectivity index (χ1n) is 7.75. The normalized spacial score (nSPS) is 16.8. The Hall–Kier alpha value is -2.80. The maximum Gasteiger partial charge on any atom is 0.261 e. The van der Waals surface area contributed by atoms with E-state index in [4.69, 9.17) is 10.00 Å². The summed E-state index contributed by atoms with van der Waals surface area (Å²) >= 11 is 0. The van der Waals surface area contributed by atoms with Crippen molar-refractivity contribution in [2.45, 2.75) is 18.9 Å². The Morgan fingerprint density at radius 2 is 1.91 bits per heavy atom. The molecule has 0 aliphatic carbocycles. The van der Waals surface area contributed by atoms with Crippen molar-refractivity contribution < 1.29 is 9.53 Å². The maximum absolute atomic E-state index is 12.5. The Bertz CT molecular complexity index is 704. The number of amides is 1. The molecule has 1 fully saturated rings. The van der Waals surface area contributed by atoms with E-state index in [9.17, 15) is 4.79 Å². The average Bonchev–Trinajstić information content (AvgIpc) is 3.11. The first kappa shape index (κ1) is 15.1. The van der Waals surface area contributed by atoms with Crippen LogP contribution < -0.4 is 4.74 Å². The second-order valence-corrected chi connectivity index (χ2v) is 5.58. The number of carbonyl (C=O) groups is 1. The lowest BCUT2D eigenvalue weighted by molar-refractivity contribution is -0.134. The van der Waals surface area contributed by atoms with Gasteiger partial charge < -0.3 is 9.64 Å². The molecule has 0 radical (unpaired) electrons. The average molecular weight is 306 g/mol. The van der Waals surface area contributed by atoms with Gasteiger partial charge in [0.2, 0.25) is 0 Å². The lowest BCUT2D eigenvalue weighted by Crippen LogP contribution is -2.34. The molecule has 0 N–H and O–H groups in total. The molecule has 0 unspecified atom stereocenters. The zero-order valence-corrected chi connectivity index (χ0v) is 12.8. The van der Waals surface area contributed by atoms with Crippen molar-refractivity contribution in [3.05, 3.63) is 65.7 Å². The molecular weight excluding hydrogens is 288 g/mol. The van der Waals surface area contributed by atoms with Crippen LogP contribution in [0.1, 0.15) is 30.0 Å². The highest BCUT2D eigenvalue weighted by Gasteiger charge is 2.29. The summed E-state index contributed by atoms with van der Waals surface area (Å²) in [5.74, 6) is 0.605. The number of carbonyl (C=O) groups excluding carboxylic acids is 1. The summed E-state index contributed by atoms with van der Waals surface area (Å²) in [4.78, 5) is 14.4. The van der Waals surface area contributed by atoms with Gasteiger partial charge in [0, 0.05) is 6.54 Å². The number of hydrogen-bond acceptors (Lipinski definition) is 3. The van der Waals surface area contributed by atoms with Gasteiger partial charge in [-0.15, -0.1) is 0 Å². The minimum atomic E-state index is 0.000660. The molecule has 3 rings (SSSR count). The van der Waals surface area contributed by atoms with Crippen LogP contribution in [0.5, 0.6) is 5.75 Å². The number of rotatable bonds is 4. The minimum absolute atomic E-state index is 0.000660. The molecule has 2 aromatic carbocycles. The molecule has 1 amide bonds. The van der Waals surface area contributed by atoms with Crippen LogP contribution in [-0.4, -0.2) is 24.0 Å². The topological polar surface area (TPSA) is 53.3 Å². The quantitative estimate of drug-likeness (QED) is 0.871. The van der Waals surface area contributed by atoms with Crippen molar-refractivity contribution in [1.29, 1.82) is 5.26 Å². The second kappa shape index (κ2) is 6.97. The van der Waals surface area contributed by atoms with Crippen molar-refractivity contribution >= 4 is 5.91 Å². The molecule has 2 aromatic rings. The van der Waals surface area contributed by atoms with Crippen molar-refractivity contribution in [2.75, 3.05) is 13.2 Å². The molecule has 1 aliphatic rings. The number of likely N-dealkylation sites (tertiary alicyclic amines) is 1. The molecule has 1 aliphatic heterocycles. The van der Waals surface area contributed by atoms with Crippen LogP contribution in [0, 0.1) is 11.3 Å². The third-order valence-electron chi connectivity index (χ3n) is 4.10.